The highest BCUT2D eigenvalue weighted by molar-refractivity contribution is 6.31. The summed E-state index contributed by atoms with van der Waals surface area (Å²) in [4.78, 5) is 0. The Morgan fingerprint density at radius 2 is 1.88 bits per heavy atom. The number of benzene rings is 2. The maximum atomic E-state index is 13.6. The van der Waals surface area contributed by atoms with Gasteiger partial charge in [0, 0.05) is 11.6 Å². The highest BCUT2D eigenvalue weighted by Crippen LogP contribution is 2.21. The normalized spacial score (nSPS) is 10.3. The number of para-hydroxylation sites is 1. The molecule has 17 heavy (non-hydrogen) atoms. The van der Waals surface area contributed by atoms with Crippen LogP contribution in [0.2, 0.25) is 5.02 Å². The van der Waals surface area contributed by atoms with Crippen molar-refractivity contribution in [2.75, 3.05) is 5.32 Å². The van der Waals surface area contributed by atoms with Crippen molar-refractivity contribution in [3.63, 3.8) is 0 Å². The molecule has 0 aliphatic rings. The van der Waals surface area contributed by atoms with E-state index in [1.807, 2.05) is 37.3 Å². The first-order valence-electron chi connectivity index (χ1n) is 5.41. The summed E-state index contributed by atoms with van der Waals surface area (Å²) in [5.41, 5.74) is 2.38. The fourth-order valence-electron chi connectivity index (χ4n) is 1.68. The average molecular weight is 250 g/mol. The number of halogens is 2. The Kier molecular flexibility index (Phi) is 3.64. The molecule has 0 bridgehead atoms. The largest absolute Gasteiger partial charge is 0.378 e. The second-order valence-corrected chi connectivity index (χ2v) is 4.28. The topological polar surface area (TPSA) is 12.0 Å². The lowest BCUT2D eigenvalue weighted by Gasteiger charge is -2.11. The lowest BCUT2D eigenvalue weighted by Crippen LogP contribution is -2.03. The molecule has 1 N–H and O–H groups in total. The van der Waals surface area contributed by atoms with Crippen molar-refractivity contribution in [1.82, 2.24) is 0 Å². The van der Waals surface area contributed by atoms with Crippen molar-refractivity contribution >= 4 is 17.3 Å². The SMILES string of the molecule is Cc1cccc(F)c1NCc1ccccc1Cl. The second-order valence-electron chi connectivity index (χ2n) is 3.88. The van der Waals surface area contributed by atoms with Crippen LogP contribution in [0.5, 0.6) is 0 Å². The van der Waals surface area contributed by atoms with E-state index in [-0.39, 0.29) is 5.82 Å². The standard InChI is InChI=1S/C14H13ClFN/c1-10-5-4-8-13(16)14(10)17-9-11-6-2-3-7-12(11)15/h2-8,17H,9H2,1H3. The van der Waals surface area contributed by atoms with Crippen molar-refractivity contribution in [2.24, 2.45) is 0 Å². The molecule has 3 heteroatoms. The van der Waals surface area contributed by atoms with Crippen LogP contribution in [-0.2, 0) is 6.54 Å². The maximum Gasteiger partial charge on any atom is 0.146 e. The van der Waals surface area contributed by atoms with Gasteiger partial charge in [-0.25, -0.2) is 4.39 Å². The number of hydrogen-bond acceptors (Lipinski definition) is 1. The number of rotatable bonds is 3. The van der Waals surface area contributed by atoms with Gasteiger partial charge in [0.05, 0.1) is 5.69 Å². The van der Waals surface area contributed by atoms with E-state index in [1.165, 1.54) is 6.07 Å². The summed E-state index contributed by atoms with van der Waals surface area (Å²) < 4.78 is 13.6. The average Bonchev–Trinajstić information content (AvgIpc) is 2.30. The number of anilines is 1. The predicted molar refractivity (Wildman–Crippen MR) is 69.9 cm³/mol. The lowest BCUT2D eigenvalue weighted by molar-refractivity contribution is 0.629. The van der Waals surface area contributed by atoms with Crippen LogP contribution in [0.4, 0.5) is 10.1 Å². The fourth-order valence-corrected chi connectivity index (χ4v) is 1.88. The molecular weight excluding hydrogens is 237 g/mol. The van der Waals surface area contributed by atoms with Crippen molar-refractivity contribution in [3.05, 3.63) is 64.4 Å². The van der Waals surface area contributed by atoms with E-state index in [0.717, 1.165) is 11.1 Å². The molecule has 0 saturated heterocycles. The van der Waals surface area contributed by atoms with Crippen LogP contribution in [0.3, 0.4) is 0 Å². The van der Waals surface area contributed by atoms with Gasteiger partial charge in [-0.05, 0) is 30.2 Å². The molecule has 2 aromatic rings. The smallest absolute Gasteiger partial charge is 0.146 e. The Bertz CT molecular complexity index is 505. The third-order valence-corrected chi connectivity index (χ3v) is 3.00. The molecule has 2 rings (SSSR count). The Hall–Kier alpha value is -1.54. The van der Waals surface area contributed by atoms with E-state index in [4.69, 9.17) is 11.6 Å². The lowest BCUT2D eigenvalue weighted by atomic mass is 10.1. The minimum Gasteiger partial charge on any atom is -0.378 e. The van der Waals surface area contributed by atoms with Gasteiger partial charge in [0.2, 0.25) is 0 Å². The molecule has 0 amide bonds. The molecule has 2 aromatic carbocycles. The molecule has 88 valence electrons. The molecule has 0 aliphatic heterocycles. The summed E-state index contributed by atoms with van der Waals surface area (Å²) in [6.07, 6.45) is 0. The molecular formula is C14H13ClFN. The Morgan fingerprint density at radius 1 is 1.12 bits per heavy atom. The van der Waals surface area contributed by atoms with Crippen LogP contribution in [0, 0.1) is 12.7 Å². The van der Waals surface area contributed by atoms with Crippen LogP contribution >= 0.6 is 11.6 Å². The summed E-state index contributed by atoms with van der Waals surface area (Å²) in [6.45, 7) is 2.39. The zero-order chi connectivity index (χ0) is 12.3. The van der Waals surface area contributed by atoms with Gasteiger partial charge in [-0.3, -0.25) is 0 Å². The van der Waals surface area contributed by atoms with Gasteiger partial charge in [-0.15, -0.1) is 0 Å². The molecule has 0 fully saturated rings. The van der Waals surface area contributed by atoms with Gasteiger partial charge in [0.1, 0.15) is 5.82 Å². The van der Waals surface area contributed by atoms with Crippen molar-refractivity contribution in [1.29, 1.82) is 0 Å². The van der Waals surface area contributed by atoms with Crippen LogP contribution < -0.4 is 5.32 Å². The highest BCUT2D eigenvalue weighted by Gasteiger charge is 2.05. The summed E-state index contributed by atoms with van der Waals surface area (Å²) in [5, 5.41) is 3.77. The fraction of sp³-hybridized carbons (Fsp3) is 0.143. The third-order valence-electron chi connectivity index (χ3n) is 2.64. The minimum atomic E-state index is -0.239. The van der Waals surface area contributed by atoms with E-state index >= 15 is 0 Å². The van der Waals surface area contributed by atoms with E-state index in [0.29, 0.717) is 17.3 Å². The van der Waals surface area contributed by atoms with Crippen molar-refractivity contribution in [3.8, 4) is 0 Å². The van der Waals surface area contributed by atoms with E-state index in [9.17, 15) is 4.39 Å². The first kappa shape index (κ1) is 11.9. The molecule has 0 unspecified atom stereocenters. The quantitative estimate of drug-likeness (QED) is 0.850. The minimum absolute atomic E-state index is 0.239. The molecule has 0 aliphatic carbocycles. The summed E-state index contributed by atoms with van der Waals surface area (Å²) in [6, 6.07) is 12.6. The number of aryl methyl sites for hydroxylation is 1. The number of hydrogen-bond donors (Lipinski definition) is 1. The molecule has 0 saturated carbocycles. The summed E-state index contributed by atoms with van der Waals surface area (Å²) in [5.74, 6) is -0.239. The zero-order valence-corrected chi connectivity index (χ0v) is 10.3. The first-order valence-corrected chi connectivity index (χ1v) is 5.78. The van der Waals surface area contributed by atoms with Gasteiger partial charge in [-0.1, -0.05) is 41.9 Å². The molecule has 0 atom stereocenters. The molecule has 0 heterocycles. The van der Waals surface area contributed by atoms with Crippen LogP contribution in [0.15, 0.2) is 42.5 Å². The van der Waals surface area contributed by atoms with Gasteiger partial charge in [-0.2, -0.15) is 0 Å². The molecule has 0 aromatic heterocycles. The van der Waals surface area contributed by atoms with E-state index < -0.39 is 0 Å². The number of nitrogens with one attached hydrogen (secondary N) is 1. The van der Waals surface area contributed by atoms with Gasteiger partial charge in [0.25, 0.3) is 0 Å². The Balaban J connectivity index is 2.16. The van der Waals surface area contributed by atoms with Crippen molar-refractivity contribution < 1.29 is 4.39 Å². The molecule has 0 radical (unpaired) electrons. The first-order chi connectivity index (χ1) is 8.18. The molecule has 1 nitrogen and oxygen atoms in total. The Labute approximate surface area is 105 Å². The Morgan fingerprint density at radius 3 is 2.59 bits per heavy atom. The highest BCUT2D eigenvalue weighted by atomic mass is 35.5. The van der Waals surface area contributed by atoms with Crippen molar-refractivity contribution in [2.45, 2.75) is 13.5 Å². The third kappa shape index (κ3) is 2.77. The van der Waals surface area contributed by atoms with Gasteiger partial charge in [0.15, 0.2) is 0 Å². The predicted octanol–water partition coefficient (Wildman–Crippen LogP) is 4.40. The van der Waals surface area contributed by atoms with E-state index in [2.05, 4.69) is 5.32 Å². The van der Waals surface area contributed by atoms with Crippen LogP contribution in [0.25, 0.3) is 0 Å². The second kappa shape index (κ2) is 5.19. The molecule has 0 spiro atoms. The van der Waals surface area contributed by atoms with Crippen LogP contribution in [0.1, 0.15) is 11.1 Å². The van der Waals surface area contributed by atoms with Gasteiger partial charge < -0.3 is 5.32 Å². The van der Waals surface area contributed by atoms with Gasteiger partial charge >= 0.3 is 0 Å². The van der Waals surface area contributed by atoms with Crippen LogP contribution in [-0.4, -0.2) is 0 Å². The summed E-state index contributed by atoms with van der Waals surface area (Å²) >= 11 is 6.04. The summed E-state index contributed by atoms with van der Waals surface area (Å²) in [7, 11) is 0. The monoisotopic (exact) mass is 249 g/mol. The zero-order valence-electron chi connectivity index (χ0n) is 9.50. The maximum absolute atomic E-state index is 13.6. The van der Waals surface area contributed by atoms with E-state index in [1.54, 1.807) is 6.07 Å².